The SMILES string of the molecule is CSC1CCCC1NC(=O)c1cccc([N+](=O)[O-])c1Br. The van der Waals surface area contributed by atoms with E-state index in [-0.39, 0.29) is 22.1 Å². The van der Waals surface area contributed by atoms with Crippen LogP contribution in [0.2, 0.25) is 0 Å². The molecule has 2 atom stereocenters. The molecule has 1 amide bonds. The molecule has 1 aromatic carbocycles. The summed E-state index contributed by atoms with van der Waals surface area (Å²) < 4.78 is 0.237. The van der Waals surface area contributed by atoms with Crippen LogP contribution in [-0.4, -0.2) is 28.4 Å². The van der Waals surface area contributed by atoms with Crippen molar-refractivity contribution in [1.29, 1.82) is 0 Å². The lowest BCUT2D eigenvalue weighted by atomic mass is 10.1. The Labute approximate surface area is 129 Å². The summed E-state index contributed by atoms with van der Waals surface area (Å²) in [5.41, 5.74) is 0.219. The summed E-state index contributed by atoms with van der Waals surface area (Å²) >= 11 is 4.91. The van der Waals surface area contributed by atoms with E-state index >= 15 is 0 Å². The van der Waals surface area contributed by atoms with Crippen molar-refractivity contribution in [3.05, 3.63) is 38.3 Å². The standard InChI is InChI=1S/C13H15BrN2O3S/c1-20-11-7-3-5-9(11)15-13(17)8-4-2-6-10(12(8)14)16(18)19/h2,4,6,9,11H,3,5,7H2,1H3,(H,15,17). The van der Waals surface area contributed by atoms with E-state index in [1.807, 2.05) is 6.26 Å². The number of thioether (sulfide) groups is 1. The highest BCUT2D eigenvalue weighted by molar-refractivity contribution is 9.10. The number of amides is 1. The smallest absolute Gasteiger partial charge is 0.284 e. The van der Waals surface area contributed by atoms with Crippen LogP contribution in [0, 0.1) is 10.1 Å². The van der Waals surface area contributed by atoms with Crippen LogP contribution in [0.4, 0.5) is 5.69 Å². The number of nitrogens with one attached hydrogen (secondary N) is 1. The molecule has 20 heavy (non-hydrogen) atoms. The molecule has 7 heteroatoms. The molecule has 0 saturated heterocycles. The van der Waals surface area contributed by atoms with Gasteiger partial charge in [0.25, 0.3) is 11.6 Å². The van der Waals surface area contributed by atoms with Gasteiger partial charge in [-0.3, -0.25) is 14.9 Å². The molecular formula is C13H15BrN2O3S. The van der Waals surface area contributed by atoms with E-state index in [9.17, 15) is 14.9 Å². The second kappa shape index (κ2) is 6.58. The van der Waals surface area contributed by atoms with Crippen molar-refractivity contribution >= 4 is 39.3 Å². The van der Waals surface area contributed by atoms with Crippen molar-refractivity contribution in [2.45, 2.75) is 30.6 Å². The highest BCUT2D eigenvalue weighted by atomic mass is 79.9. The second-order valence-electron chi connectivity index (χ2n) is 4.68. The first-order valence-corrected chi connectivity index (χ1v) is 8.39. The molecule has 0 aromatic heterocycles. The molecule has 1 aromatic rings. The van der Waals surface area contributed by atoms with Crippen LogP contribution in [0.5, 0.6) is 0 Å². The van der Waals surface area contributed by atoms with Crippen molar-refractivity contribution in [2.75, 3.05) is 6.26 Å². The summed E-state index contributed by atoms with van der Waals surface area (Å²) in [6, 6.07) is 4.64. The minimum Gasteiger partial charge on any atom is -0.348 e. The molecule has 1 N–H and O–H groups in total. The maximum atomic E-state index is 12.3. The van der Waals surface area contributed by atoms with Crippen LogP contribution >= 0.6 is 27.7 Å². The molecule has 0 radical (unpaired) electrons. The van der Waals surface area contributed by atoms with E-state index in [4.69, 9.17) is 0 Å². The Kier molecular flexibility index (Phi) is 5.04. The van der Waals surface area contributed by atoms with Gasteiger partial charge in [0.05, 0.1) is 10.5 Å². The van der Waals surface area contributed by atoms with Crippen LogP contribution in [0.3, 0.4) is 0 Å². The van der Waals surface area contributed by atoms with Gasteiger partial charge in [0, 0.05) is 17.4 Å². The number of hydrogen-bond donors (Lipinski definition) is 1. The fourth-order valence-electron chi connectivity index (χ4n) is 2.46. The summed E-state index contributed by atoms with van der Waals surface area (Å²) in [6.07, 6.45) is 5.21. The molecule has 0 heterocycles. The van der Waals surface area contributed by atoms with E-state index in [0.717, 1.165) is 19.3 Å². The number of nitrogens with zero attached hydrogens (tertiary/aromatic N) is 1. The second-order valence-corrected chi connectivity index (χ2v) is 6.55. The van der Waals surface area contributed by atoms with E-state index in [1.54, 1.807) is 17.8 Å². The average molecular weight is 359 g/mol. The van der Waals surface area contributed by atoms with Gasteiger partial charge < -0.3 is 5.32 Å². The quantitative estimate of drug-likeness (QED) is 0.661. The zero-order valence-corrected chi connectivity index (χ0v) is 13.4. The maximum absolute atomic E-state index is 12.3. The number of benzene rings is 1. The third kappa shape index (κ3) is 3.15. The average Bonchev–Trinajstić information content (AvgIpc) is 2.85. The lowest BCUT2D eigenvalue weighted by Gasteiger charge is -2.19. The fraction of sp³-hybridized carbons (Fsp3) is 0.462. The molecule has 1 fully saturated rings. The zero-order valence-electron chi connectivity index (χ0n) is 11.0. The minimum absolute atomic E-state index is 0.0921. The van der Waals surface area contributed by atoms with Gasteiger partial charge in [-0.05, 0) is 41.1 Å². The Balaban J connectivity index is 2.17. The van der Waals surface area contributed by atoms with Gasteiger partial charge in [-0.2, -0.15) is 11.8 Å². The molecular weight excluding hydrogens is 344 g/mol. The van der Waals surface area contributed by atoms with Crippen molar-refractivity contribution in [1.82, 2.24) is 5.32 Å². The van der Waals surface area contributed by atoms with Gasteiger partial charge in [0.2, 0.25) is 0 Å². The lowest BCUT2D eigenvalue weighted by Crippen LogP contribution is -2.38. The number of carbonyl (C=O) groups is 1. The van der Waals surface area contributed by atoms with Crippen LogP contribution in [-0.2, 0) is 0 Å². The molecule has 5 nitrogen and oxygen atoms in total. The predicted molar refractivity (Wildman–Crippen MR) is 83.2 cm³/mol. The van der Waals surface area contributed by atoms with E-state index in [2.05, 4.69) is 21.2 Å². The topological polar surface area (TPSA) is 72.2 Å². The Hall–Kier alpha value is -1.08. The lowest BCUT2D eigenvalue weighted by molar-refractivity contribution is -0.385. The summed E-state index contributed by atoms with van der Waals surface area (Å²) in [5.74, 6) is -0.258. The predicted octanol–water partition coefficient (Wildman–Crippen LogP) is 3.37. The van der Waals surface area contributed by atoms with Gasteiger partial charge in [0.1, 0.15) is 4.47 Å². The van der Waals surface area contributed by atoms with Crippen molar-refractivity contribution in [2.24, 2.45) is 0 Å². The number of hydrogen-bond acceptors (Lipinski definition) is 4. The first-order chi connectivity index (χ1) is 9.54. The number of rotatable bonds is 4. The number of nitro groups is 1. The molecule has 0 aliphatic heterocycles. The summed E-state index contributed by atoms with van der Waals surface area (Å²) in [7, 11) is 0. The Bertz CT molecular complexity index is 538. The fourth-order valence-corrected chi connectivity index (χ4v) is 3.98. The van der Waals surface area contributed by atoms with Crippen molar-refractivity contribution < 1.29 is 9.72 Å². The van der Waals surface area contributed by atoms with Crippen LogP contribution in [0.15, 0.2) is 22.7 Å². The largest absolute Gasteiger partial charge is 0.348 e. The van der Waals surface area contributed by atoms with E-state index in [1.165, 1.54) is 12.1 Å². The molecule has 2 unspecified atom stereocenters. The molecule has 1 saturated carbocycles. The summed E-state index contributed by atoms with van der Waals surface area (Å²) in [4.78, 5) is 22.7. The monoisotopic (exact) mass is 358 g/mol. The van der Waals surface area contributed by atoms with E-state index < -0.39 is 4.92 Å². The van der Waals surface area contributed by atoms with Gasteiger partial charge >= 0.3 is 0 Å². The first kappa shape index (κ1) is 15.3. The summed E-state index contributed by atoms with van der Waals surface area (Å²) in [5, 5.41) is 14.3. The number of halogens is 1. The first-order valence-electron chi connectivity index (χ1n) is 6.31. The molecule has 1 aliphatic carbocycles. The van der Waals surface area contributed by atoms with Gasteiger partial charge in [-0.1, -0.05) is 12.5 Å². The van der Waals surface area contributed by atoms with Crippen molar-refractivity contribution in [3.8, 4) is 0 Å². The number of nitro benzene ring substituents is 1. The third-order valence-corrected chi connectivity index (χ3v) is 5.49. The normalized spacial score (nSPS) is 21.7. The number of carbonyl (C=O) groups excluding carboxylic acids is 1. The van der Waals surface area contributed by atoms with Gasteiger partial charge in [0.15, 0.2) is 0 Å². The van der Waals surface area contributed by atoms with Crippen LogP contribution in [0.1, 0.15) is 29.6 Å². The Morgan fingerprint density at radius 1 is 1.50 bits per heavy atom. The molecule has 1 aliphatic rings. The highest BCUT2D eigenvalue weighted by Gasteiger charge is 2.29. The Morgan fingerprint density at radius 2 is 2.25 bits per heavy atom. The Morgan fingerprint density at radius 3 is 2.90 bits per heavy atom. The molecule has 0 spiro atoms. The van der Waals surface area contributed by atoms with Gasteiger partial charge in [-0.15, -0.1) is 0 Å². The third-order valence-electron chi connectivity index (χ3n) is 3.49. The minimum atomic E-state index is -0.499. The van der Waals surface area contributed by atoms with Crippen LogP contribution in [0.25, 0.3) is 0 Å². The summed E-state index contributed by atoms with van der Waals surface area (Å²) in [6.45, 7) is 0. The van der Waals surface area contributed by atoms with Crippen LogP contribution < -0.4 is 5.32 Å². The van der Waals surface area contributed by atoms with Gasteiger partial charge in [-0.25, -0.2) is 0 Å². The maximum Gasteiger partial charge on any atom is 0.284 e. The zero-order chi connectivity index (χ0) is 14.7. The molecule has 2 rings (SSSR count). The van der Waals surface area contributed by atoms with E-state index in [0.29, 0.717) is 10.8 Å². The highest BCUT2D eigenvalue weighted by Crippen LogP contribution is 2.31. The molecule has 108 valence electrons. The van der Waals surface area contributed by atoms with Crippen molar-refractivity contribution in [3.63, 3.8) is 0 Å². The molecule has 0 bridgehead atoms.